The topological polar surface area (TPSA) is 64.9 Å². The van der Waals surface area contributed by atoms with Crippen LogP contribution >= 0.6 is 0 Å². The number of aliphatic hydroxyl groups excluding tert-OH is 1. The lowest BCUT2D eigenvalue weighted by molar-refractivity contribution is -0.113. The molecule has 0 heterocycles. The predicted octanol–water partition coefficient (Wildman–Crippen LogP) is 3.25. The molecule has 5 heteroatoms. The zero-order valence-electron chi connectivity index (χ0n) is 12.2. The Hall–Kier alpha value is -2.82. The molecule has 0 saturated heterocycles. The monoisotopic (exact) mass is 285 g/mol. The van der Waals surface area contributed by atoms with Gasteiger partial charge in [0, 0.05) is 13.3 Å². The lowest BCUT2D eigenvalue weighted by atomic mass is 10.2. The van der Waals surface area contributed by atoms with Crippen molar-refractivity contribution in [3.8, 4) is 0 Å². The molecule has 0 fully saturated rings. The van der Waals surface area contributed by atoms with E-state index in [1.807, 2.05) is 12.1 Å². The molecule has 0 radical (unpaired) electrons. The number of carbonyl (C=O) groups excluding carboxylic acids is 1. The summed E-state index contributed by atoms with van der Waals surface area (Å²) in [6.07, 6.45) is 4.07. The molecule has 0 aliphatic rings. The van der Waals surface area contributed by atoms with Gasteiger partial charge in [0.15, 0.2) is 11.6 Å². The standard InChI is InChI=1S/C16H19N3O2/c1-5-14(20)16(17-7-3)18-12-10-8-9-11-13(12)19(4)15(21)6-2/h5-11,18,20H,1-2H2,3-4H3/b16-14-,17-7-. The fourth-order valence-corrected chi connectivity index (χ4v) is 1.64. The van der Waals surface area contributed by atoms with Gasteiger partial charge in [-0.2, -0.15) is 0 Å². The largest absolute Gasteiger partial charge is 0.504 e. The predicted molar refractivity (Wildman–Crippen MR) is 87.7 cm³/mol. The number of hydrogen-bond donors (Lipinski definition) is 2. The first kappa shape index (κ1) is 16.2. The van der Waals surface area contributed by atoms with E-state index >= 15 is 0 Å². The number of rotatable bonds is 6. The van der Waals surface area contributed by atoms with Crippen LogP contribution in [0.3, 0.4) is 0 Å². The fraction of sp³-hybridized carbons (Fsp3) is 0.125. The Kier molecular flexibility index (Phi) is 5.95. The number of allylic oxidation sites excluding steroid dienone is 1. The maximum absolute atomic E-state index is 11.7. The molecular formula is C16H19N3O2. The number of aliphatic imine (C=N–C) groups is 1. The first-order chi connectivity index (χ1) is 10.0. The third-order valence-corrected chi connectivity index (χ3v) is 2.72. The van der Waals surface area contributed by atoms with Gasteiger partial charge in [0.2, 0.25) is 5.91 Å². The molecule has 5 nitrogen and oxygen atoms in total. The maximum atomic E-state index is 11.7. The molecule has 0 aliphatic carbocycles. The number of anilines is 2. The Morgan fingerprint density at radius 2 is 2.00 bits per heavy atom. The first-order valence-corrected chi connectivity index (χ1v) is 6.35. The number of amides is 1. The smallest absolute Gasteiger partial charge is 0.250 e. The van der Waals surface area contributed by atoms with Crippen molar-refractivity contribution in [2.24, 2.45) is 4.99 Å². The lowest BCUT2D eigenvalue weighted by Crippen LogP contribution is -2.24. The van der Waals surface area contributed by atoms with Crippen molar-refractivity contribution in [3.63, 3.8) is 0 Å². The molecule has 110 valence electrons. The van der Waals surface area contributed by atoms with E-state index in [0.717, 1.165) is 0 Å². The molecule has 0 spiro atoms. The second-order valence-corrected chi connectivity index (χ2v) is 4.07. The van der Waals surface area contributed by atoms with Crippen LogP contribution in [0.2, 0.25) is 0 Å². The molecule has 21 heavy (non-hydrogen) atoms. The van der Waals surface area contributed by atoms with Crippen LogP contribution in [0.25, 0.3) is 0 Å². The van der Waals surface area contributed by atoms with Gasteiger partial charge in [-0.05, 0) is 31.2 Å². The van der Waals surface area contributed by atoms with Crippen LogP contribution in [-0.4, -0.2) is 24.3 Å². The van der Waals surface area contributed by atoms with Crippen LogP contribution in [-0.2, 0) is 4.79 Å². The quantitative estimate of drug-likeness (QED) is 0.365. The van der Waals surface area contributed by atoms with Gasteiger partial charge < -0.3 is 15.3 Å². The van der Waals surface area contributed by atoms with Crippen LogP contribution in [0, 0.1) is 0 Å². The van der Waals surface area contributed by atoms with Gasteiger partial charge in [-0.15, -0.1) is 0 Å². The minimum Gasteiger partial charge on any atom is -0.504 e. The fourth-order valence-electron chi connectivity index (χ4n) is 1.64. The number of hydrogen-bond acceptors (Lipinski definition) is 4. The number of nitrogens with zero attached hydrogens (tertiary/aromatic N) is 2. The number of benzene rings is 1. The minimum atomic E-state index is -0.235. The summed E-state index contributed by atoms with van der Waals surface area (Å²) in [4.78, 5) is 17.2. The highest BCUT2D eigenvalue weighted by Gasteiger charge is 2.13. The molecule has 0 aromatic heterocycles. The van der Waals surface area contributed by atoms with Crippen molar-refractivity contribution in [1.29, 1.82) is 0 Å². The molecule has 0 bridgehead atoms. The van der Waals surface area contributed by atoms with E-state index in [4.69, 9.17) is 0 Å². The number of likely N-dealkylation sites (N-methyl/N-ethyl adjacent to an activating group) is 1. The SMILES string of the molecule is C=CC(=O)N(C)c1ccccc1NC(/N=C\C)=C(\O)C=C. The number of para-hydroxylation sites is 2. The highest BCUT2D eigenvalue weighted by molar-refractivity contribution is 6.02. The lowest BCUT2D eigenvalue weighted by Gasteiger charge is -2.20. The molecule has 1 amide bonds. The summed E-state index contributed by atoms with van der Waals surface area (Å²) in [6, 6.07) is 7.19. The van der Waals surface area contributed by atoms with Gasteiger partial charge >= 0.3 is 0 Å². The van der Waals surface area contributed by atoms with Gasteiger partial charge in [-0.1, -0.05) is 25.3 Å². The molecule has 0 unspecified atom stereocenters. The summed E-state index contributed by atoms with van der Waals surface area (Å²) in [5, 5.41) is 12.8. The van der Waals surface area contributed by atoms with Crippen LogP contribution in [0.15, 0.2) is 66.1 Å². The Morgan fingerprint density at radius 3 is 2.57 bits per heavy atom. The number of carbonyl (C=O) groups is 1. The van der Waals surface area contributed by atoms with Crippen molar-refractivity contribution in [2.75, 3.05) is 17.3 Å². The van der Waals surface area contributed by atoms with Crippen LogP contribution < -0.4 is 10.2 Å². The zero-order chi connectivity index (χ0) is 15.8. The molecule has 1 aromatic rings. The highest BCUT2D eigenvalue weighted by Crippen LogP contribution is 2.26. The highest BCUT2D eigenvalue weighted by atomic mass is 16.3. The van der Waals surface area contributed by atoms with Gasteiger partial charge in [0.05, 0.1) is 11.4 Å². The van der Waals surface area contributed by atoms with E-state index in [0.29, 0.717) is 11.4 Å². The third kappa shape index (κ3) is 4.07. The van der Waals surface area contributed by atoms with Gasteiger partial charge in [-0.25, -0.2) is 4.99 Å². The molecule has 2 N–H and O–H groups in total. The summed E-state index contributed by atoms with van der Waals surface area (Å²) < 4.78 is 0. The van der Waals surface area contributed by atoms with Gasteiger partial charge in [0.25, 0.3) is 0 Å². The summed E-state index contributed by atoms with van der Waals surface area (Å²) in [5.74, 6) is -0.0679. The molecule has 0 aliphatic heterocycles. The Bertz CT molecular complexity index is 603. The molecule has 0 saturated carbocycles. The van der Waals surface area contributed by atoms with Gasteiger partial charge in [-0.3, -0.25) is 4.79 Å². The molecular weight excluding hydrogens is 266 g/mol. The van der Waals surface area contributed by atoms with E-state index in [1.54, 1.807) is 32.3 Å². The van der Waals surface area contributed by atoms with E-state index in [1.165, 1.54) is 17.1 Å². The molecule has 1 aromatic carbocycles. The van der Waals surface area contributed by atoms with Crippen LogP contribution in [0.1, 0.15) is 6.92 Å². The maximum Gasteiger partial charge on any atom is 0.250 e. The average Bonchev–Trinajstić information content (AvgIpc) is 2.52. The zero-order valence-corrected chi connectivity index (χ0v) is 12.2. The Balaban J connectivity index is 3.23. The number of nitrogens with one attached hydrogen (secondary N) is 1. The summed E-state index contributed by atoms with van der Waals surface area (Å²) >= 11 is 0. The van der Waals surface area contributed by atoms with Crippen molar-refractivity contribution >= 4 is 23.5 Å². The summed E-state index contributed by atoms with van der Waals surface area (Å²) in [7, 11) is 1.64. The van der Waals surface area contributed by atoms with Crippen molar-refractivity contribution in [2.45, 2.75) is 6.92 Å². The molecule has 0 atom stereocenters. The molecule has 1 rings (SSSR count). The van der Waals surface area contributed by atoms with Crippen molar-refractivity contribution < 1.29 is 9.90 Å². The summed E-state index contributed by atoms with van der Waals surface area (Å²) in [5.41, 5.74) is 1.27. The van der Waals surface area contributed by atoms with E-state index < -0.39 is 0 Å². The van der Waals surface area contributed by atoms with E-state index in [-0.39, 0.29) is 17.5 Å². The normalized spacial score (nSPS) is 11.7. The average molecular weight is 285 g/mol. The van der Waals surface area contributed by atoms with Crippen LogP contribution in [0.4, 0.5) is 11.4 Å². The summed E-state index contributed by atoms with van der Waals surface area (Å²) in [6.45, 7) is 8.71. The van der Waals surface area contributed by atoms with Gasteiger partial charge in [0.1, 0.15) is 0 Å². The van der Waals surface area contributed by atoms with E-state index in [2.05, 4.69) is 23.5 Å². The second kappa shape index (κ2) is 7.69. The van der Waals surface area contributed by atoms with Crippen molar-refractivity contribution in [1.82, 2.24) is 0 Å². The van der Waals surface area contributed by atoms with Crippen molar-refractivity contribution in [3.05, 3.63) is 61.2 Å². The second-order valence-electron chi connectivity index (χ2n) is 4.07. The van der Waals surface area contributed by atoms with Crippen LogP contribution in [0.5, 0.6) is 0 Å². The van der Waals surface area contributed by atoms with E-state index in [9.17, 15) is 9.90 Å². The first-order valence-electron chi connectivity index (χ1n) is 6.35. The Morgan fingerprint density at radius 1 is 1.33 bits per heavy atom. The number of aliphatic hydroxyl groups is 1. The Labute approximate surface area is 124 Å². The minimum absolute atomic E-state index is 0.0828. The third-order valence-electron chi connectivity index (χ3n) is 2.72.